The first-order valence-electron chi connectivity index (χ1n) is 4.05. The summed E-state index contributed by atoms with van der Waals surface area (Å²) in [6, 6.07) is 3.43. The molecule has 2 aromatic heterocycles. The summed E-state index contributed by atoms with van der Waals surface area (Å²) in [4.78, 5) is 7.76. The molecule has 0 fully saturated rings. The number of nitrogens with two attached hydrogens (primary N) is 1. The molecule has 2 aromatic rings. The number of rotatable bonds is 3. The van der Waals surface area contributed by atoms with Gasteiger partial charge in [-0.1, -0.05) is 5.16 Å². The molecule has 0 radical (unpaired) electrons. The Bertz CT molecular complexity index is 400. The van der Waals surface area contributed by atoms with Crippen LogP contribution in [0.5, 0.6) is 0 Å². The number of hydrogen-bond acceptors (Lipinski definition) is 6. The van der Waals surface area contributed by atoms with Gasteiger partial charge >= 0.3 is 0 Å². The van der Waals surface area contributed by atoms with Crippen LogP contribution in [0.3, 0.4) is 0 Å². The Labute approximate surface area is 80.1 Å². The zero-order chi connectivity index (χ0) is 9.80. The lowest BCUT2D eigenvalue weighted by molar-refractivity contribution is 0.412. The molecule has 0 saturated heterocycles. The fraction of sp³-hybridized carbons (Fsp3) is 0.125. The quantitative estimate of drug-likeness (QED) is 0.740. The number of aromatic nitrogens is 3. The molecule has 14 heavy (non-hydrogen) atoms. The van der Waals surface area contributed by atoms with Crippen LogP contribution < -0.4 is 11.1 Å². The van der Waals surface area contributed by atoms with Gasteiger partial charge in [-0.15, -0.1) is 0 Å². The zero-order valence-corrected chi connectivity index (χ0v) is 7.34. The molecule has 6 nitrogen and oxygen atoms in total. The molecule has 0 aromatic carbocycles. The van der Waals surface area contributed by atoms with Gasteiger partial charge in [0.25, 0.3) is 0 Å². The maximum Gasteiger partial charge on any atom is 0.131 e. The summed E-state index contributed by atoms with van der Waals surface area (Å²) < 4.78 is 4.68. The normalized spacial score (nSPS) is 10.0. The molecule has 0 atom stereocenters. The van der Waals surface area contributed by atoms with Crippen LogP contribution in [0.4, 0.5) is 11.6 Å². The molecule has 0 aliphatic carbocycles. The molecular weight excluding hydrogens is 182 g/mol. The Kier molecular flexibility index (Phi) is 2.26. The van der Waals surface area contributed by atoms with E-state index in [0.29, 0.717) is 18.2 Å². The first kappa shape index (κ1) is 8.49. The number of anilines is 2. The van der Waals surface area contributed by atoms with Crippen molar-refractivity contribution in [2.24, 2.45) is 0 Å². The number of nitrogens with one attached hydrogen (secondary N) is 1. The smallest absolute Gasteiger partial charge is 0.131 e. The summed E-state index contributed by atoms with van der Waals surface area (Å²) in [6.07, 6.45) is 2.92. The lowest BCUT2D eigenvalue weighted by Crippen LogP contribution is -2.02. The van der Waals surface area contributed by atoms with Gasteiger partial charge in [0.1, 0.15) is 29.9 Å². The van der Waals surface area contributed by atoms with Crippen molar-refractivity contribution in [1.29, 1.82) is 0 Å². The van der Waals surface area contributed by atoms with Crippen molar-refractivity contribution in [3.8, 4) is 0 Å². The molecule has 0 amide bonds. The van der Waals surface area contributed by atoms with Crippen LogP contribution in [0.2, 0.25) is 0 Å². The second kappa shape index (κ2) is 3.73. The van der Waals surface area contributed by atoms with Crippen LogP contribution in [0.15, 0.2) is 29.2 Å². The zero-order valence-electron chi connectivity index (χ0n) is 7.34. The highest BCUT2D eigenvalue weighted by Crippen LogP contribution is 2.06. The second-order valence-electron chi connectivity index (χ2n) is 2.67. The number of hydrogen-bond donors (Lipinski definition) is 2. The molecular formula is C8H9N5O. The van der Waals surface area contributed by atoms with Crippen molar-refractivity contribution < 1.29 is 4.52 Å². The average molecular weight is 191 g/mol. The Morgan fingerprint density at radius 2 is 2.36 bits per heavy atom. The van der Waals surface area contributed by atoms with Crippen LogP contribution >= 0.6 is 0 Å². The van der Waals surface area contributed by atoms with E-state index in [9.17, 15) is 0 Å². The Hall–Kier alpha value is -2.11. The molecule has 0 saturated carbocycles. The molecule has 2 heterocycles. The van der Waals surface area contributed by atoms with Crippen molar-refractivity contribution in [1.82, 2.24) is 15.1 Å². The van der Waals surface area contributed by atoms with Gasteiger partial charge in [0.15, 0.2) is 0 Å². The summed E-state index contributed by atoms with van der Waals surface area (Å²) >= 11 is 0. The van der Waals surface area contributed by atoms with E-state index < -0.39 is 0 Å². The molecule has 72 valence electrons. The van der Waals surface area contributed by atoms with Gasteiger partial charge in [0, 0.05) is 12.1 Å². The van der Waals surface area contributed by atoms with Gasteiger partial charge < -0.3 is 15.6 Å². The molecule has 0 aliphatic rings. The van der Waals surface area contributed by atoms with Gasteiger partial charge in [0.2, 0.25) is 0 Å². The van der Waals surface area contributed by atoms with E-state index in [-0.39, 0.29) is 0 Å². The summed E-state index contributed by atoms with van der Waals surface area (Å²) in [6.45, 7) is 0.549. The van der Waals surface area contributed by atoms with E-state index in [1.807, 2.05) is 0 Å². The van der Waals surface area contributed by atoms with E-state index in [4.69, 9.17) is 5.73 Å². The highest BCUT2D eigenvalue weighted by Gasteiger charge is 1.98. The van der Waals surface area contributed by atoms with Gasteiger partial charge in [-0.2, -0.15) is 0 Å². The van der Waals surface area contributed by atoms with Crippen molar-refractivity contribution in [3.63, 3.8) is 0 Å². The van der Waals surface area contributed by atoms with Crippen molar-refractivity contribution in [3.05, 3.63) is 30.4 Å². The highest BCUT2D eigenvalue weighted by molar-refractivity contribution is 5.43. The van der Waals surface area contributed by atoms with E-state index in [1.165, 1.54) is 12.6 Å². The first-order chi connectivity index (χ1) is 6.84. The maximum absolute atomic E-state index is 5.48. The third-order valence-corrected chi connectivity index (χ3v) is 1.63. The molecule has 2 rings (SSSR count). The first-order valence-corrected chi connectivity index (χ1v) is 4.05. The van der Waals surface area contributed by atoms with Crippen molar-refractivity contribution in [2.75, 3.05) is 11.1 Å². The molecule has 0 spiro atoms. The SMILES string of the molecule is Nc1cc(NCc2ccon2)ncn1. The fourth-order valence-corrected chi connectivity index (χ4v) is 0.979. The average Bonchev–Trinajstić information content (AvgIpc) is 2.67. The minimum atomic E-state index is 0.433. The molecule has 6 heteroatoms. The lowest BCUT2D eigenvalue weighted by atomic mass is 10.4. The molecule has 3 N–H and O–H groups in total. The Morgan fingerprint density at radius 3 is 3.07 bits per heavy atom. The monoisotopic (exact) mass is 191 g/mol. The molecule has 0 unspecified atom stereocenters. The van der Waals surface area contributed by atoms with Gasteiger partial charge in [-0.25, -0.2) is 9.97 Å². The van der Waals surface area contributed by atoms with E-state index in [2.05, 4.69) is 25.0 Å². The summed E-state index contributed by atoms with van der Waals surface area (Å²) in [5, 5.41) is 6.78. The topological polar surface area (TPSA) is 89.9 Å². The maximum atomic E-state index is 5.48. The summed E-state index contributed by atoms with van der Waals surface area (Å²) in [5.41, 5.74) is 6.29. The summed E-state index contributed by atoms with van der Waals surface area (Å²) in [5.74, 6) is 1.10. The second-order valence-corrected chi connectivity index (χ2v) is 2.67. The van der Waals surface area contributed by atoms with Crippen LogP contribution in [0, 0.1) is 0 Å². The predicted molar refractivity (Wildman–Crippen MR) is 50.3 cm³/mol. The van der Waals surface area contributed by atoms with Crippen molar-refractivity contribution >= 4 is 11.6 Å². The van der Waals surface area contributed by atoms with E-state index in [0.717, 1.165) is 5.69 Å². The summed E-state index contributed by atoms with van der Waals surface area (Å²) in [7, 11) is 0. The molecule has 0 bridgehead atoms. The third kappa shape index (κ3) is 1.98. The highest BCUT2D eigenvalue weighted by atomic mass is 16.5. The predicted octanol–water partition coefficient (Wildman–Crippen LogP) is 0.659. The number of nitrogen functional groups attached to an aromatic ring is 1. The van der Waals surface area contributed by atoms with Crippen molar-refractivity contribution in [2.45, 2.75) is 6.54 Å². The van der Waals surface area contributed by atoms with Crippen LogP contribution in [-0.4, -0.2) is 15.1 Å². The largest absolute Gasteiger partial charge is 0.384 e. The number of nitrogens with zero attached hydrogens (tertiary/aromatic N) is 3. The minimum absolute atomic E-state index is 0.433. The van der Waals surface area contributed by atoms with Gasteiger partial charge in [0.05, 0.1) is 6.54 Å². The van der Waals surface area contributed by atoms with Gasteiger partial charge in [-0.3, -0.25) is 0 Å². The standard InChI is InChI=1S/C8H9N5O/c9-7-3-8(12-5-11-7)10-4-6-1-2-14-13-6/h1-3,5H,4H2,(H3,9,10,11,12). The van der Waals surface area contributed by atoms with Gasteiger partial charge in [-0.05, 0) is 0 Å². The Balaban J connectivity index is 1.98. The third-order valence-electron chi connectivity index (χ3n) is 1.63. The minimum Gasteiger partial charge on any atom is -0.384 e. The van der Waals surface area contributed by atoms with E-state index in [1.54, 1.807) is 12.1 Å². The fourth-order valence-electron chi connectivity index (χ4n) is 0.979. The van der Waals surface area contributed by atoms with Crippen LogP contribution in [0.1, 0.15) is 5.69 Å². The van der Waals surface area contributed by atoms with Crippen LogP contribution in [0.25, 0.3) is 0 Å². The van der Waals surface area contributed by atoms with Crippen LogP contribution in [-0.2, 0) is 6.54 Å². The van der Waals surface area contributed by atoms with E-state index >= 15 is 0 Å². The Morgan fingerprint density at radius 1 is 1.43 bits per heavy atom. The molecule has 0 aliphatic heterocycles. The lowest BCUT2D eigenvalue weighted by Gasteiger charge is -2.02.